The number of fused-ring (bicyclic) bond motifs is 1. The van der Waals surface area contributed by atoms with Gasteiger partial charge in [-0.05, 0) is 55.2 Å². The highest BCUT2D eigenvalue weighted by Gasteiger charge is 2.37. The summed E-state index contributed by atoms with van der Waals surface area (Å²) >= 11 is 3.52. The number of benzene rings is 1. The summed E-state index contributed by atoms with van der Waals surface area (Å²) in [5, 5.41) is 12.7. The third-order valence-electron chi connectivity index (χ3n) is 4.19. The molecule has 1 saturated carbocycles. The van der Waals surface area contributed by atoms with Crippen LogP contribution in [0.4, 0.5) is 0 Å². The summed E-state index contributed by atoms with van der Waals surface area (Å²) in [6, 6.07) is 6.46. The molecule has 1 N–H and O–H groups in total. The molecule has 2 heteroatoms. The molecule has 1 fully saturated rings. The second kappa shape index (κ2) is 3.69. The van der Waals surface area contributed by atoms with Crippen LogP contribution < -0.4 is 10.4 Å². The third-order valence-corrected chi connectivity index (χ3v) is 4.69. The molecule has 0 saturated heterocycles. The van der Waals surface area contributed by atoms with Crippen molar-refractivity contribution < 1.29 is 5.11 Å². The zero-order valence-electron chi connectivity index (χ0n) is 10.0. The quantitative estimate of drug-likeness (QED) is 0.778. The fourth-order valence-electron chi connectivity index (χ4n) is 3.01. The van der Waals surface area contributed by atoms with Gasteiger partial charge in [0.25, 0.3) is 0 Å². The SMILES string of the molecule is CC1(O)CCC2(C=c3ccc(Br)cc3=C2)CC1. The molecule has 0 bridgehead atoms. The van der Waals surface area contributed by atoms with E-state index in [9.17, 15) is 5.11 Å². The molecule has 1 spiro atoms. The average Bonchev–Trinajstić information content (AvgIpc) is 2.61. The summed E-state index contributed by atoms with van der Waals surface area (Å²) in [5.41, 5.74) is -0.256. The summed E-state index contributed by atoms with van der Waals surface area (Å²) < 4.78 is 1.14. The highest BCUT2D eigenvalue weighted by molar-refractivity contribution is 9.10. The molecule has 17 heavy (non-hydrogen) atoms. The van der Waals surface area contributed by atoms with Gasteiger partial charge in [-0.15, -0.1) is 0 Å². The zero-order valence-corrected chi connectivity index (χ0v) is 11.6. The largest absolute Gasteiger partial charge is 0.390 e. The number of halogens is 1. The van der Waals surface area contributed by atoms with Gasteiger partial charge in [0.2, 0.25) is 0 Å². The fourth-order valence-corrected chi connectivity index (χ4v) is 3.38. The van der Waals surface area contributed by atoms with E-state index in [2.05, 4.69) is 46.3 Å². The molecule has 3 rings (SSSR count). The van der Waals surface area contributed by atoms with E-state index in [1.54, 1.807) is 0 Å². The molecule has 1 nitrogen and oxygen atoms in total. The van der Waals surface area contributed by atoms with Gasteiger partial charge in [-0.3, -0.25) is 0 Å². The predicted molar refractivity (Wildman–Crippen MR) is 73.8 cm³/mol. The van der Waals surface area contributed by atoms with Crippen molar-refractivity contribution >= 4 is 28.1 Å². The molecule has 0 heterocycles. The van der Waals surface area contributed by atoms with Gasteiger partial charge in [0, 0.05) is 9.89 Å². The van der Waals surface area contributed by atoms with E-state index in [0.29, 0.717) is 0 Å². The number of aliphatic hydroxyl groups is 1. The molecule has 0 unspecified atom stereocenters. The van der Waals surface area contributed by atoms with Gasteiger partial charge in [-0.2, -0.15) is 0 Å². The van der Waals surface area contributed by atoms with Crippen LogP contribution in [-0.2, 0) is 0 Å². The van der Waals surface area contributed by atoms with E-state index < -0.39 is 5.60 Å². The van der Waals surface area contributed by atoms with Crippen molar-refractivity contribution in [2.45, 2.75) is 38.2 Å². The van der Waals surface area contributed by atoms with Crippen LogP contribution in [0.1, 0.15) is 32.6 Å². The molecule has 0 aliphatic heterocycles. The smallest absolute Gasteiger partial charge is 0.0620 e. The van der Waals surface area contributed by atoms with Crippen molar-refractivity contribution in [3.8, 4) is 0 Å². The maximum atomic E-state index is 10.0. The van der Waals surface area contributed by atoms with Gasteiger partial charge in [0.15, 0.2) is 0 Å². The summed E-state index contributed by atoms with van der Waals surface area (Å²) in [6.07, 6.45) is 8.70. The predicted octanol–water partition coefficient (Wildman–Crippen LogP) is 2.34. The Kier molecular flexibility index (Phi) is 2.50. The van der Waals surface area contributed by atoms with E-state index in [0.717, 1.165) is 30.2 Å². The van der Waals surface area contributed by atoms with Crippen molar-refractivity contribution in [3.05, 3.63) is 33.1 Å². The molecule has 2 aliphatic rings. The second-order valence-electron chi connectivity index (χ2n) is 5.79. The first-order chi connectivity index (χ1) is 7.98. The minimum atomic E-state index is -0.456. The normalized spacial score (nSPS) is 35.2. The van der Waals surface area contributed by atoms with E-state index in [4.69, 9.17) is 0 Å². The molecular weight excluding hydrogens is 276 g/mol. The van der Waals surface area contributed by atoms with Crippen LogP contribution in [0.25, 0.3) is 12.2 Å². The first-order valence-electron chi connectivity index (χ1n) is 6.22. The Hall–Kier alpha value is -0.600. The number of rotatable bonds is 0. The van der Waals surface area contributed by atoms with Crippen LogP contribution in [0.5, 0.6) is 0 Å². The number of hydrogen-bond donors (Lipinski definition) is 1. The van der Waals surface area contributed by atoms with Crippen LogP contribution in [0, 0.1) is 5.41 Å². The zero-order chi connectivity index (χ0) is 12.1. The van der Waals surface area contributed by atoms with Crippen LogP contribution in [0.3, 0.4) is 0 Å². The molecule has 0 aromatic heterocycles. The molecule has 0 amide bonds. The van der Waals surface area contributed by atoms with Crippen molar-refractivity contribution in [2.24, 2.45) is 5.41 Å². The number of hydrogen-bond acceptors (Lipinski definition) is 1. The van der Waals surface area contributed by atoms with E-state index >= 15 is 0 Å². The molecule has 0 atom stereocenters. The van der Waals surface area contributed by atoms with E-state index in [-0.39, 0.29) is 5.41 Å². The van der Waals surface area contributed by atoms with E-state index in [1.807, 2.05) is 6.92 Å². The van der Waals surface area contributed by atoms with Gasteiger partial charge in [0.05, 0.1) is 5.60 Å². The third kappa shape index (κ3) is 2.09. The Labute approximate surface area is 110 Å². The monoisotopic (exact) mass is 292 g/mol. The Morgan fingerprint density at radius 1 is 1.06 bits per heavy atom. The highest BCUT2D eigenvalue weighted by atomic mass is 79.9. The molecular formula is C15H17BrO. The van der Waals surface area contributed by atoms with Gasteiger partial charge in [0.1, 0.15) is 0 Å². The Bertz CT molecular complexity index is 561. The summed E-state index contributed by atoms with van der Waals surface area (Å²) in [4.78, 5) is 0. The Balaban J connectivity index is 1.99. The topological polar surface area (TPSA) is 20.2 Å². The lowest BCUT2D eigenvalue weighted by molar-refractivity contribution is 0.00748. The first kappa shape index (κ1) is 11.5. The lowest BCUT2D eigenvalue weighted by Gasteiger charge is -2.38. The molecule has 0 radical (unpaired) electrons. The minimum Gasteiger partial charge on any atom is -0.390 e. The lowest BCUT2D eigenvalue weighted by atomic mass is 9.70. The van der Waals surface area contributed by atoms with Crippen LogP contribution >= 0.6 is 15.9 Å². The standard InChI is InChI=1S/C15H17BrO/c1-14(17)4-6-15(7-5-14)9-11-2-3-13(16)8-12(11)10-15/h2-3,8-10,17H,4-7H2,1H3. The van der Waals surface area contributed by atoms with Gasteiger partial charge >= 0.3 is 0 Å². The summed E-state index contributed by atoms with van der Waals surface area (Å²) in [6.45, 7) is 1.96. The summed E-state index contributed by atoms with van der Waals surface area (Å²) in [5.74, 6) is 0. The van der Waals surface area contributed by atoms with Crippen molar-refractivity contribution in [2.75, 3.05) is 0 Å². The lowest BCUT2D eigenvalue weighted by Crippen LogP contribution is -2.34. The summed E-state index contributed by atoms with van der Waals surface area (Å²) in [7, 11) is 0. The fraction of sp³-hybridized carbons (Fsp3) is 0.467. The van der Waals surface area contributed by atoms with Crippen LogP contribution in [-0.4, -0.2) is 10.7 Å². The average molecular weight is 293 g/mol. The van der Waals surface area contributed by atoms with Crippen molar-refractivity contribution in [1.29, 1.82) is 0 Å². The van der Waals surface area contributed by atoms with Crippen molar-refractivity contribution in [3.63, 3.8) is 0 Å². The van der Waals surface area contributed by atoms with Gasteiger partial charge in [-0.25, -0.2) is 0 Å². The van der Waals surface area contributed by atoms with E-state index in [1.165, 1.54) is 10.4 Å². The first-order valence-corrected chi connectivity index (χ1v) is 7.01. The maximum absolute atomic E-state index is 10.0. The Morgan fingerprint density at radius 3 is 2.41 bits per heavy atom. The molecule has 2 aliphatic carbocycles. The Morgan fingerprint density at radius 2 is 1.71 bits per heavy atom. The van der Waals surface area contributed by atoms with Crippen LogP contribution in [0.2, 0.25) is 0 Å². The highest BCUT2D eigenvalue weighted by Crippen LogP contribution is 2.44. The minimum absolute atomic E-state index is 0.200. The molecule has 90 valence electrons. The second-order valence-corrected chi connectivity index (χ2v) is 6.71. The van der Waals surface area contributed by atoms with Crippen LogP contribution in [0.15, 0.2) is 22.7 Å². The maximum Gasteiger partial charge on any atom is 0.0620 e. The van der Waals surface area contributed by atoms with Gasteiger partial charge in [-0.1, -0.05) is 34.1 Å². The molecule has 1 aromatic carbocycles. The van der Waals surface area contributed by atoms with Crippen molar-refractivity contribution in [1.82, 2.24) is 0 Å². The molecule has 1 aromatic rings. The van der Waals surface area contributed by atoms with Gasteiger partial charge < -0.3 is 5.11 Å².